The van der Waals surface area contributed by atoms with Crippen molar-refractivity contribution in [2.75, 3.05) is 19.4 Å². The van der Waals surface area contributed by atoms with Crippen LogP contribution in [-0.4, -0.2) is 39.6 Å². The Balaban J connectivity index is 1.31. The number of hydrogen-bond donors (Lipinski definition) is 1. The summed E-state index contributed by atoms with van der Waals surface area (Å²) in [7, 11) is 1.64. The van der Waals surface area contributed by atoms with E-state index in [9.17, 15) is 0 Å². The molecule has 0 unspecified atom stereocenters. The lowest BCUT2D eigenvalue weighted by Gasteiger charge is -2.17. The summed E-state index contributed by atoms with van der Waals surface area (Å²) >= 11 is 11.6. The van der Waals surface area contributed by atoms with Gasteiger partial charge in [-0.15, -0.1) is 5.10 Å². The lowest BCUT2D eigenvalue weighted by atomic mass is 10.1. The van der Waals surface area contributed by atoms with Gasteiger partial charge in [0.1, 0.15) is 6.61 Å². The zero-order valence-corrected chi connectivity index (χ0v) is 22.3. The molecule has 4 aromatic rings. The third-order valence-corrected chi connectivity index (χ3v) is 7.31. The lowest BCUT2D eigenvalue weighted by molar-refractivity contribution is 0.280. The Morgan fingerprint density at radius 1 is 1.06 bits per heavy atom. The van der Waals surface area contributed by atoms with Crippen LogP contribution in [0, 0.1) is 0 Å². The number of benzene rings is 3. The maximum absolute atomic E-state index is 6.30. The number of rotatable bonds is 12. The van der Waals surface area contributed by atoms with E-state index in [1.165, 1.54) is 0 Å². The summed E-state index contributed by atoms with van der Waals surface area (Å²) in [6, 6.07) is 21.4. The van der Waals surface area contributed by atoms with Crippen molar-refractivity contribution >= 4 is 39.3 Å². The van der Waals surface area contributed by atoms with Gasteiger partial charge in [-0.05, 0) is 53.7 Å². The molecule has 0 amide bonds. The van der Waals surface area contributed by atoms with E-state index in [-0.39, 0.29) is 0 Å². The molecule has 1 aromatic heterocycles. The maximum atomic E-state index is 6.30. The highest BCUT2D eigenvalue weighted by atomic mass is 79.9. The smallest absolute Gasteiger partial charge is 0.214 e. The molecule has 0 aliphatic rings. The number of hydrogen-bond acceptors (Lipinski definition) is 7. The number of thioether (sulfide) groups is 1. The zero-order chi connectivity index (χ0) is 24.5. The van der Waals surface area contributed by atoms with E-state index in [1.807, 2.05) is 66.7 Å². The van der Waals surface area contributed by atoms with Crippen LogP contribution in [0.5, 0.6) is 11.5 Å². The highest BCUT2D eigenvalue weighted by Crippen LogP contribution is 2.37. The van der Waals surface area contributed by atoms with Crippen LogP contribution in [0.25, 0.3) is 5.69 Å². The van der Waals surface area contributed by atoms with Crippen molar-refractivity contribution in [3.05, 3.63) is 87.4 Å². The Bertz CT molecular complexity index is 1240. The van der Waals surface area contributed by atoms with Crippen molar-refractivity contribution in [1.82, 2.24) is 25.5 Å². The lowest BCUT2D eigenvalue weighted by Crippen LogP contribution is -2.17. The van der Waals surface area contributed by atoms with Gasteiger partial charge in [-0.2, -0.15) is 4.68 Å². The van der Waals surface area contributed by atoms with Crippen LogP contribution < -0.4 is 14.8 Å². The van der Waals surface area contributed by atoms with E-state index < -0.39 is 0 Å². The first-order valence-corrected chi connectivity index (χ1v) is 13.2. The molecule has 10 heteroatoms. The van der Waals surface area contributed by atoms with Crippen molar-refractivity contribution in [3.63, 3.8) is 0 Å². The fraction of sp³-hybridized carbons (Fsp3) is 0.240. The molecule has 0 atom stereocenters. The first-order valence-electron chi connectivity index (χ1n) is 11.1. The predicted molar refractivity (Wildman–Crippen MR) is 143 cm³/mol. The highest BCUT2D eigenvalue weighted by Gasteiger charge is 2.15. The van der Waals surface area contributed by atoms with Crippen molar-refractivity contribution in [2.45, 2.75) is 24.7 Å². The fourth-order valence-electron chi connectivity index (χ4n) is 3.41. The minimum atomic E-state index is 0.353. The molecule has 3 aromatic carbocycles. The summed E-state index contributed by atoms with van der Waals surface area (Å²) in [4.78, 5) is 0. The Morgan fingerprint density at radius 3 is 2.66 bits per heavy atom. The first kappa shape index (κ1) is 25.5. The molecule has 0 saturated heterocycles. The molecular weight excluding hydrogens is 550 g/mol. The molecule has 0 radical (unpaired) electrons. The molecule has 0 spiro atoms. The summed E-state index contributed by atoms with van der Waals surface area (Å²) in [6.45, 7) is 1.81. The molecule has 1 N–H and O–H groups in total. The molecule has 7 nitrogen and oxygen atoms in total. The largest absolute Gasteiger partial charge is 0.493 e. The Morgan fingerprint density at radius 2 is 1.86 bits per heavy atom. The molecular formula is C25H25BrClN5O2S. The Kier molecular flexibility index (Phi) is 9.42. The van der Waals surface area contributed by atoms with Crippen LogP contribution in [0.4, 0.5) is 0 Å². The van der Waals surface area contributed by atoms with Gasteiger partial charge in [0, 0.05) is 32.9 Å². The van der Waals surface area contributed by atoms with Crippen molar-refractivity contribution in [3.8, 4) is 17.2 Å². The van der Waals surface area contributed by atoms with E-state index in [0.717, 1.165) is 45.2 Å². The predicted octanol–water partition coefficient (Wildman–Crippen LogP) is 5.94. The molecule has 0 saturated carbocycles. The molecule has 0 fully saturated rings. The molecule has 35 heavy (non-hydrogen) atoms. The third-order valence-electron chi connectivity index (χ3n) is 5.19. The standard InChI is InChI=1S/C25H25BrClN5O2S/c1-33-23-13-12-21(26)20(24(23)34-17-18-8-5-6-11-22(18)27)16-28-14-7-15-35-25-29-30-31-32(25)19-9-3-2-4-10-19/h2-6,8-13,28H,7,14-17H2,1H3. The summed E-state index contributed by atoms with van der Waals surface area (Å²) in [5.41, 5.74) is 2.87. The number of methoxy groups -OCH3 is 1. The topological polar surface area (TPSA) is 74.1 Å². The summed E-state index contributed by atoms with van der Waals surface area (Å²) in [5, 5.41) is 17.0. The normalized spacial score (nSPS) is 10.9. The van der Waals surface area contributed by atoms with Crippen molar-refractivity contribution in [1.29, 1.82) is 0 Å². The van der Waals surface area contributed by atoms with Crippen LogP contribution in [0.15, 0.2) is 76.4 Å². The number of para-hydroxylation sites is 1. The van der Waals surface area contributed by atoms with Gasteiger partial charge in [-0.3, -0.25) is 0 Å². The van der Waals surface area contributed by atoms with E-state index in [0.29, 0.717) is 29.7 Å². The monoisotopic (exact) mass is 573 g/mol. The third kappa shape index (κ3) is 6.76. The molecule has 4 rings (SSSR count). The molecule has 0 aliphatic heterocycles. The average Bonchev–Trinajstić information content (AvgIpc) is 3.36. The zero-order valence-electron chi connectivity index (χ0n) is 19.2. The second-order valence-corrected chi connectivity index (χ2v) is 9.85. The number of nitrogens with one attached hydrogen (secondary N) is 1. The van der Waals surface area contributed by atoms with Gasteiger partial charge in [0.25, 0.3) is 0 Å². The van der Waals surface area contributed by atoms with Crippen LogP contribution in [0.3, 0.4) is 0 Å². The van der Waals surface area contributed by atoms with Gasteiger partial charge in [-0.1, -0.05) is 75.7 Å². The first-order chi connectivity index (χ1) is 17.2. The van der Waals surface area contributed by atoms with E-state index in [4.69, 9.17) is 21.1 Å². The van der Waals surface area contributed by atoms with Gasteiger partial charge in [0.15, 0.2) is 11.5 Å². The second kappa shape index (κ2) is 12.9. The SMILES string of the molecule is COc1ccc(Br)c(CNCCCSc2nnnn2-c2ccccc2)c1OCc1ccccc1Cl. The summed E-state index contributed by atoms with van der Waals surface area (Å²) < 4.78 is 14.5. The number of aromatic nitrogens is 4. The molecule has 182 valence electrons. The maximum Gasteiger partial charge on any atom is 0.214 e. The molecule has 0 aliphatic carbocycles. The van der Waals surface area contributed by atoms with Crippen LogP contribution in [-0.2, 0) is 13.2 Å². The Hall–Kier alpha value is -2.59. The molecule has 0 bridgehead atoms. The minimum Gasteiger partial charge on any atom is -0.493 e. The Labute approximate surface area is 222 Å². The van der Waals surface area contributed by atoms with Gasteiger partial charge in [0.2, 0.25) is 5.16 Å². The van der Waals surface area contributed by atoms with E-state index in [2.05, 4.69) is 36.8 Å². The van der Waals surface area contributed by atoms with Crippen LogP contribution in [0.1, 0.15) is 17.5 Å². The van der Waals surface area contributed by atoms with Gasteiger partial charge < -0.3 is 14.8 Å². The fourth-order valence-corrected chi connectivity index (χ4v) is 4.88. The van der Waals surface area contributed by atoms with Gasteiger partial charge >= 0.3 is 0 Å². The molecule has 1 heterocycles. The van der Waals surface area contributed by atoms with Crippen molar-refractivity contribution in [2.24, 2.45) is 0 Å². The number of halogens is 2. The van der Waals surface area contributed by atoms with Gasteiger partial charge in [-0.25, -0.2) is 0 Å². The number of nitrogens with zero attached hydrogens (tertiary/aromatic N) is 4. The summed E-state index contributed by atoms with van der Waals surface area (Å²) in [5.74, 6) is 2.26. The quantitative estimate of drug-likeness (QED) is 0.166. The minimum absolute atomic E-state index is 0.353. The average molecular weight is 575 g/mol. The van der Waals surface area contributed by atoms with Crippen LogP contribution in [0.2, 0.25) is 5.02 Å². The highest BCUT2D eigenvalue weighted by molar-refractivity contribution is 9.10. The van der Waals surface area contributed by atoms with E-state index in [1.54, 1.807) is 23.6 Å². The van der Waals surface area contributed by atoms with Gasteiger partial charge in [0.05, 0.1) is 12.8 Å². The summed E-state index contributed by atoms with van der Waals surface area (Å²) in [6.07, 6.45) is 0.948. The van der Waals surface area contributed by atoms with E-state index >= 15 is 0 Å². The van der Waals surface area contributed by atoms with Crippen LogP contribution >= 0.6 is 39.3 Å². The number of ether oxygens (including phenoxy) is 2. The number of tetrazole rings is 1. The van der Waals surface area contributed by atoms with Crippen molar-refractivity contribution < 1.29 is 9.47 Å². The second-order valence-electron chi connectivity index (χ2n) is 7.53.